The van der Waals surface area contributed by atoms with Crippen LogP contribution < -0.4 is 0 Å². The zero-order valence-electron chi connectivity index (χ0n) is 10.0. The molecule has 0 aromatic carbocycles. The van der Waals surface area contributed by atoms with Gasteiger partial charge in [-0.15, -0.1) is 0 Å². The lowest BCUT2D eigenvalue weighted by atomic mass is 9.97. The van der Waals surface area contributed by atoms with Crippen molar-refractivity contribution in [2.24, 2.45) is 0 Å². The summed E-state index contributed by atoms with van der Waals surface area (Å²) in [7, 11) is 1.34. The number of aromatic hydroxyl groups is 2. The first-order chi connectivity index (χ1) is 8.60. The van der Waals surface area contributed by atoms with Crippen LogP contribution in [-0.2, 0) is 4.74 Å². The third-order valence-electron chi connectivity index (χ3n) is 2.94. The molecule has 0 spiro atoms. The first kappa shape index (κ1) is 12.4. The third kappa shape index (κ3) is 2.61. The number of ether oxygens (including phenoxy) is 1. The van der Waals surface area contributed by atoms with E-state index in [0.717, 1.165) is 18.9 Å². The van der Waals surface area contributed by atoms with Gasteiger partial charge in [0.15, 0.2) is 0 Å². The molecule has 2 N–H and O–H groups in total. The van der Waals surface area contributed by atoms with E-state index in [1.807, 2.05) is 0 Å². The van der Waals surface area contributed by atoms with Gasteiger partial charge in [-0.1, -0.05) is 0 Å². The first-order valence-electron chi connectivity index (χ1n) is 5.70. The predicted octanol–water partition coefficient (Wildman–Crippen LogP) is 0.834. The molecular weight excluding hydrogens is 238 g/mol. The monoisotopic (exact) mass is 253 g/mol. The van der Waals surface area contributed by atoms with E-state index < -0.39 is 0 Å². The summed E-state index contributed by atoms with van der Waals surface area (Å²) in [4.78, 5) is 20.8. The van der Waals surface area contributed by atoms with Crippen LogP contribution in [0.4, 0.5) is 4.79 Å². The van der Waals surface area contributed by atoms with Crippen molar-refractivity contribution in [1.29, 1.82) is 0 Å². The smallest absolute Gasteiger partial charge is 0.409 e. The van der Waals surface area contributed by atoms with Crippen molar-refractivity contribution in [3.05, 3.63) is 11.9 Å². The zero-order chi connectivity index (χ0) is 13.1. The van der Waals surface area contributed by atoms with Crippen LogP contribution in [-0.4, -0.2) is 51.4 Å². The number of rotatable bonds is 1. The summed E-state index contributed by atoms with van der Waals surface area (Å²) in [6.07, 6.45) is 1.22. The van der Waals surface area contributed by atoms with Gasteiger partial charge in [0.2, 0.25) is 11.8 Å². The van der Waals surface area contributed by atoms with Gasteiger partial charge in [-0.2, -0.15) is 9.97 Å². The second kappa shape index (κ2) is 5.07. The molecule has 0 saturated carbocycles. The molecule has 1 atom stereocenters. The zero-order valence-corrected chi connectivity index (χ0v) is 10.0. The summed E-state index contributed by atoms with van der Waals surface area (Å²) >= 11 is 0. The maximum absolute atomic E-state index is 11.4. The minimum atomic E-state index is -0.385. The lowest BCUT2D eigenvalue weighted by Gasteiger charge is -2.30. The molecule has 0 aliphatic carbocycles. The largest absolute Gasteiger partial charge is 0.493 e. The lowest BCUT2D eigenvalue weighted by Crippen LogP contribution is -2.39. The Morgan fingerprint density at radius 3 is 2.72 bits per heavy atom. The number of aromatic nitrogens is 2. The molecule has 1 aromatic heterocycles. The molecule has 1 amide bonds. The van der Waals surface area contributed by atoms with E-state index in [4.69, 9.17) is 0 Å². The van der Waals surface area contributed by atoms with Gasteiger partial charge in [-0.25, -0.2) is 4.79 Å². The molecule has 1 saturated heterocycles. The topological polar surface area (TPSA) is 95.8 Å². The van der Waals surface area contributed by atoms with Gasteiger partial charge in [0, 0.05) is 19.0 Å². The van der Waals surface area contributed by atoms with Crippen molar-refractivity contribution in [1.82, 2.24) is 14.9 Å². The molecule has 1 fully saturated rings. The first-order valence-corrected chi connectivity index (χ1v) is 5.70. The fourth-order valence-corrected chi connectivity index (χ4v) is 2.11. The summed E-state index contributed by atoms with van der Waals surface area (Å²) in [5.74, 6) is -0.294. The Labute approximate surface area is 104 Å². The molecular formula is C11H15N3O4. The molecule has 98 valence electrons. The molecule has 1 unspecified atom stereocenters. The fraction of sp³-hybridized carbons (Fsp3) is 0.545. The maximum atomic E-state index is 11.4. The minimum absolute atomic E-state index is 0.101. The Morgan fingerprint density at radius 2 is 2.11 bits per heavy atom. The van der Waals surface area contributed by atoms with Gasteiger partial charge in [-0.3, -0.25) is 0 Å². The van der Waals surface area contributed by atoms with Crippen molar-refractivity contribution >= 4 is 6.09 Å². The molecule has 2 heterocycles. The van der Waals surface area contributed by atoms with E-state index in [1.165, 1.54) is 7.11 Å². The van der Waals surface area contributed by atoms with E-state index >= 15 is 0 Å². The molecule has 1 aliphatic rings. The standard InChI is InChI=1S/C11H15N3O4/c1-18-11(17)14-4-2-3-7(6-14)10-12-8(15)5-9(16)13-10/h5,7H,2-4,6H2,1H3,(H2,12,13,15,16). The number of carbonyl (C=O) groups excluding carboxylic acids is 1. The fourth-order valence-electron chi connectivity index (χ4n) is 2.11. The molecule has 1 aliphatic heterocycles. The third-order valence-corrected chi connectivity index (χ3v) is 2.94. The Kier molecular flexibility index (Phi) is 3.50. The molecule has 7 nitrogen and oxygen atoms in total. The normalized spacial score (nSPS) is 19.6. The quantitative estimate of drug-likeness (QED) is 0.769. The maximum Gasteiger partial charge on any atom is 0.409 e. The van der Waals surface area contributed by atoms with Crippen molar-refractivity contribution < 1.29 is 19.7 Å². The molecule has 18 heavy (non-hydrogen) atoms. The van der Waals surface area contributed by atoms with E-state index in [9.17, 15) is 15.0 Å². The molecule has 7 heteroatoms. The number of likely N-dealkylation sites (tertiary alicyclic amines) is 1. The number of piperidine rings is 1. The number of methoxy groups -OCH3 is 1. The van der Waals surface area contributed by atoms with Crippen molar-refractivity contribution in [3.63, 3.8) is 0 Å². The van der Waals surface area contributed by atoms with Crippen molar-refractivity contribution in [2.45, 2.75) is 18.8 Å². The summed E-state index contributed by atoms with van der Waals surface area (Å²) in [6, 6.07) is 1.07. The predicted molar refractivity (Wildman–Crippen MR) is 61.3 cm³/mol. The second-order valence-corrected chi connectivity index (χ2v) is 4.20. The number of amides is 1. The average Bonchev–Trinajstić information content (AvgIpc) is 2.37. The highest BCUT2D eigenvalue weighted by Crippen LogP contribution is 2.27. The highest BCUT2D eigenvalue weighted by atomic mass is 16.5. The highest BCUT2D eigenvalue weighted by Gasteiger charge is 2.27. The van der Waals surface area contributed by atoms with Crippen LogP contribution in [0, 0.1) is 0 Å². The minimum Gasteiger partial charge on any atom is -0.493 e. The van der Waals surface area contributed by atoms with Gasteiger partial charge in [0.25, 0.3) is 0 Å². The van der Waals surface area contributed by atoms with Crippen LogP contribution in [0.5, 0.6) is 11.8 Å². The Balaban J connectivity index is 2.15. The molecule has 2 rings (SSSR count). The Bertz CT molecular complexity index is 432. The van der Waals surface area contributed by atoms with Crippen LogP contribution in [0.25, 0.3) is 0 Å². The van der Waals surface area contributed by atoms with Crippen LogP contribution in [0.15, 0.2) is 6.07 Å². The van der Waals surface area contributed by atoms with Crippen LogP contribution in [0.2, 0.25) is 0 Å². The van der Waals surface area contributed by atoms with Crippen molar-refractivity contribution in [3.8, 4) is 11.8 Å². The van der Waals surface area contributed by atoms with Crippen LogP contribution >= 0.6 is 0 Å². The number of hydrogen-bond acceptors (Lipinski definition) is 6. The SMILES string of the molecule is COC(=O)N1CCCC(c2nc(O)cc(O)n2)C1. The molecule has 1 aromatic rings. The van der Waals surface area contributed by atoms with Gasteiger partial charge in [0.05, 0.1) is 13.2 Å². The van der Waals surface area contributed by atoms with Gasteiger partial charge in [0.1, 0.15) is 5.82 Å². The summed E-state index contributed by atoms with van der Waals surface area (Å²) in [6.45, 7) is 1.06. The van der Waals surface area contributed by atoms with E-state index in [2.05, 4.69) is 14.7 Å². The van der Waals surface area contributed by atoms with Crippen LogP contribution in [0.3, 0.4) is 0 Å². The number of carbonyl (C=O) groups is 1. The van der Waals surface area contributed by atoms with E-state index in [0.29, 0.717) is 18.9 Å². The number of nitrogens with zero attached hydrogens (tertiary/aromatic N) is 3. The Hall–Kier alpha value is -2.05. The summed E-state index contributed by atoms with van der Waals surface area (Å²) < 4.78 is 4.67. The second-order valence-electron chi connectivity index (χ2n) is 4.20. The van der Waals surface area contributed by atoms with Gasteiger partial charge < -0.3 is 19.8 Å². The van der Waals surface area contributed by atoms with Gasteiger partial charge >= 0.3 is 6.09 Å². The molecule has 0 radical (unpaired) electrons. The summed E-state index contributed by atoms with van der Waals surface area (Å²) in [5, 5.41) is 18.7. The summed E-state index contributed by atoms with van der Waals surface area (Å²) in [5.41, 5.74) is 0. The highest BCUT2D eigenvalue weighted by molar-refractivity contribution is 5.67. The van der Waals surface area contributed by atoms with Crippen LogP contribution in [0.1, 0.15) is 24.6 Å². The average molecular weight is 253 g/mol. The van der Waals surface area contributed by atoms with Crippen molar-refractivity contribution in [2.75, 3.05) is 20.2 Å². The lowest BCUT2D eigenvalue weighted by molar-refractivity contribution is 0.110. The van der Waals surface area contributed by atoms with E-state index in [-0.39, 0.29) is 23.8 Å². The number of hydrogen-bond donors (Lipinski definition) is 2. The van der Waals surface area contributed by atoms with Gasteiger partial charge in [-0.05, 0) is 12.8 Å². The molecule has 0 bridgehead atoms. The van der Waals surface area contributed by atoms with E-state index in [1.54, 1.807) is 4.90 Å². The Morgan fingerprint density at radius 1 is 1.44 bits per heavy atom.